The van der Waals surface area contributed by atoms with Gasteiger partial charge in [-0.25, -0.2) is 4.39 Å². The van der Waals surface area contributed by atoms with Crippen LogP contribution >= 0.6 is 0 Å². The fourth-order valence-electron chi connectivity index (χ4n) is 4.09. The maximum atomic E-state index is 13.5. The molecule has 2 aromatic rings. The molecule has 2 heterocycles. The number of amides is 2. The van der Waals surface area contributed by atoms with Crippen molar-refractivity contribution in [2.45, 2.75) is 26.3 Å². The predicted octanol–water partition coefficient (Wildman–Crippen LogP) is 3.39. The van der Waals surface area contributed by atoms with Gasteiger partial charge in [-0.05, 0) is 48.6 Å². The quantitative estimate of drug-likeness (QED) is 0.521. The minimum atomic E-state index is -0.377. The highest BCUT2D eigenvalue weighted by Gasteiger charge is 2.41. The lowest BCUT2D eigenvalue weighted by Crippen LogP contribution is -2.38. The van der Waals surface area contributed by atoms with Crippen molar-refractivity contribution in [2.24, 2.45) is 0 Å². The summed E-state index contributed by atoms with van der Waals surface area (Å²) in [4.78, 5) is 29.9. The van der Waals surface area contributed by atoms with E-state index in [9.17, 15) is 14.0 Å². The van der Waals surface area contributed by atoms with E-state index >= 15 is 0 Å². The summed E-state index contributed by atoms with van der Waals surface area (Å²) in [5.41, 5.74) is 3.76. The van der Waals surface area contributed by atoms with Crippen LogP contribution in [0.15, 0.2) is 54.2 Å². The summed E-state index contributed by atoms with van der Waals surface area (Å²) >= 11 is 0. The number of hydrogen-bond donors (Lipinski definition) is 0. The molecule has 0 radical (unpaired) electrons. The van der Waals surface area contributed by atoms with E-state index in [1.165, 1.54) is 22.6 Å². The monoisotopic (exact) mass is 408 g/mol. The Morgan fingerprint density at radius 1 is 1.00 bits per heavy atom. The Hall–Kier alpha value is -2.99. The molecule has 2 amide bonds. The molecule has 0 unspecified atom stereocenters. The number of carbonyl (C=O) groups excluding carboxylic acids is 2. The molecule has 6 heteroatoms. The number of nitrogens with zero attached hydrogens (tertiary/aromatic N) is 2. The molecule has 0 atom stereocenters. The maximum absolute atomic E-state index is 13.5. The highest BCUT2D eigenvalue weighted by atomic mass is 19.1. The van der Waals surface area contributed by atoms with E-state index in [1.807, 2.05) is 24.0 Å². The predicted molar refractivity (Wildman–Crippen MR) is 112 cm³/mol. The molecule has 156 valence electrons. The smallest absolute Gasteiger partial charge is 0.277 e. The zero-order valence-corrected chi connectivity index (χ0v) is 17.1. The SMILES string of the molecule is CCOCCCN1C(=O)C(c2ccc(F)cc2)=C(N2CCc3ccccc3C2)C1=O. The summed E-state index contributed by atoms with van der Waals surface area (Å²) in [7, 11) is 0. The second-order valence-corrected chi connectivity index (χ2v) is 7.48. The Balaban J connectivity index is 1.68. The molecule has 2 aliphatic heterocycles. The van der Waals surface area contributed by atoms with Gasteiger partial charge in [-0.15, -0.1) is 0 Å². The lowest BCUT2D eigenvalue weighted by atomic mass is 9.98. The Morgan fingerprint density at radius 3 is 2.47 bits per heavy atom. The summed E-state index contributed by atoms with van der Waals surface area (Å²) in [5, 5.41) is 0. The normalized spacial score (nSPS) is 16.5. The molecular weight excluding hydrogens is 383 g/mol. The summed E-state index contributed by atoms with van der Waals surface area (Å²) < 4.78 is 18.8. The van der Waals surface area contributed by atoms with Gasteiger partial charge < -0.3 is 9.64 Å². The van der Waals surface area contributed by atoms with E-state index in [2.05, 4.69) is 12.1 Å². The minimum absolute atomic E-state index is 0.282. The maximum Gasteiger partial charge on any atom is 0.277 e. The van der Waals surface area contributed by atoms with Gasteiger partial charge in [0, 0.05) is 32.8 Å². The largest absolute Gasteiger partial charge is 0.382 e. The molecule has 0 spiro atoms. The van der Waals surface area contributed by atoms with Crippen LogP contribution in [0.1, 0.15) is 30.0 Å². The molecule has 0 saturated heterocycles. The summed E-state index contributed by atoms with van der Waals surface area (Å²) in [6.45, 7) is 4.53. The van der Waals surface area contributed by atoms with Gasteiger partial charge in [0.25, 0.3) is 11.8 Å². The van der Waals surface area contributed by atoms with E-state index in [4.69, 9.17) is 4.74 Å². The fraction of sp³-hybridized carbons (Fsp3) is 0.333. The van der Waals surface area contributed by atoms with E-state index < -0.39 is 0 Å². The average Bonchev–Trinajstić information content (AvgIpc) is 3.01. The van der Waals surface area contributed by atoms with Crippen molar-refractivity contribution in [2.75, 3.05) is 26.3 Å². The second kappa shape index (κ2) is 8.79. The number of rotatable bonds is 7. The van der Waals surface area contributed by atoms with Crippen molar-refractivity contribution < 1.29 is 18.7 Å². The van der Waals surface area contributed by atoms with Crippen LogP contribution in [0.3, 0.4) is 0 Å². The Labute approximate surface area is 175 Å². The van der Waals surface area contributed by atoms with Crippen molar-refractivity contribution in [1.29, 1.82) is 0 Å². The first-order valence-corrected chi connectivity index (χ1v) is 10.4. The first-order valence-electron chi connectivity index (χ1n) is 10.4. The third-order valence-electron chi connectivity index (χ3n) is 5.60. The molecule has 0 fully saturated rings. The first kappa shape index (κ1) is 20.3. The topological polar surface area (TPSA) is 49.9 Å². The fourth-order valence-corrected chi connectivity index (χ4v) is 4.09. The molecule has 30 heavy (non-hydrogen) atoms. The van der Waals surface area contributed by atoms with Crippen molar-refractivity contribution in [3.8, 4) is 0 Å². The molecule has 5 nitrogen and oxygen atoms in total. The lowest BCUT2D eigenvalue weighted by molar-refractivity contribution is -0.137. The van der Waals surface area contributed by atoms with Gasteiger partial charge in [0.15, 0.2) is 0 Å². The molecule has 0 bridgehead atoms. The van der Waals surface area contributed by atoms with E-state index in [0.717, 1.165) is 12.0 Å². The van der Waals surface area contributed by atoms with Crippen LogP contribution in [-0.2, 0) is 27.3 Å². The van der Waals surface area contributed by atoms with Gasteiger partial charge >= 0.3 is 0 Å². The van der Waals surface area contributed by atoms with Crippen molar-refractivity contribution in [3.05, 3.63) is 76.7 Å². The number of ether oxygens (including phenoxy) is 1. The van der Waals surface area contributed by atoms with Crippen molar-refractivity contribution >= 4 is 17.4 Å². The standard InChI is InChI=1S/C24H25FN2O3/c1-2-30-15-5-13-27-23(28)21(18-8-10-20(25)11-9-18)22(24(27)29)26-14-12-17-6-3-4-7-19(17)16-26/h3-4,6-11H,2,5,12-16H2,1H3. The molecule has 0 aliphatic carbocycles. The highest BCUT2D eigenvalue weighted by Crippen LogP contribution is 2.34. The number of hydrogen-bond acceptors (Lipinski definition) is 4. The average molecular weight is 408 g/mol. The highest BCUT2D eigenvalue weighted by molar-refractivity contribution is 6.35. The van der Waals surface area contributed by atoms with E-state index in [-0.39, 0.29) is 17.6 Å². The summed E-state index contributed by atoms with van der Waals surface area (Å²) in [6.07, 6.45) is 1.39. The zero-order chi connectivity index (χ0) is 21.1. The Kier molecular flexibility index (Phi) is 5.95. The van der Waals surface area contributed by atoms with Crippen LogP contribution in [0.25, 0.3) is 5.57 Å². The Bertz CT molecular complexity index is 984. The molecule has 2 aliphatic rings. The molecule has 4 rings (SSSR count). The zero-order valence-electron chi connectivity index (χ0n) is 17.1. The number of fused-ring (bicyclic) bond motifs is 1. The minimum Gasteiger partial charge on any atom is -0.382 e. The number of carbonyl (C=O) groups is 2. The first-order chi connectivity index (χ1) is 14.6. The van der Waals surface area contributed by atoms with Crippen molar-refractivity contribution in [3.63, 3.8) is 0 Å². The third-order valence-corrected chi connectivity index (χ3v) is 5.60. The number of imide groups is 1. The summed E-state index contributed by atoms with van der Waals surface area (Å²) in [5.74, 6) is -0.981. The molecular formula is C24H25FN2O3. The van der Waals surface area contributed by atoms with Crippen LogP contribution in [0, 0.1) is 5.82 Å². The third kappa shape index (κ3) is 3.87. The van der Waals surface area contributed by atoms with Crippen LogP contribution in [0.4, 0.5) is 4.39 Å². The van der Waals surface area contributed by atoms with Gasteiger partial charge in [-0.3, -0.25) is 14.5 Å². The Morgan fingerprint density at radius 2 is 1.73 bits per heavy atom. The second-order valence-electron chi connectivity index (χ2n) is 7.48. The van der Waals surface area contributed by atoms with Crippen LogP contribution in [0.5, 0.6) is 0 Å². The van der Waals surface area contributed by atoms with Crippen LogP contribution in [-0.4, -0.2) is 47.9 Å². The summed E-state index contributed by atoms with van der Waals surface area (Å²) in [6, 6.07) is 13.9. The van der Waals surface area contributed by atoms with Gasteiger partial charge in [0.2, 0.25) is 0 Å². The molecule has 0 aromatic heterocycles. The van der Waals surface area contributed by atoms with Gasteiger partial charge in [0.1, 0.15) is 11.5 Å². The van der Waals surface area contributed by atoms with Crippen molar-refractivity contribution in [1.82, 2.24) is 9.80 Å². The van der Waals surface area contributed by atoms with E-state index in [1.54, 1.807) is 12.1 Å². The lowest BCUT2D eigenvalue weighted by Gasteiger charge is -2.31. The molecule has 0 N–H and O–H groups in total. The van der Waals surface area contributed by atoms with Gasteiger partial charge in [0.05, 0.1) is 5.57 Å². The molecule has 2 aromatic carbocycles. The number of benzene rings is 2. The number of halogens is 1. The van der Waals surface area contributed by atoms with Crippen LogP contribution < -0.4 is 0 Å². The van der Waals surface area contributed by atoms with Gasteiger partial charge in [-0.1, -0.05) is 36.4 Å². The molecule has 0 saturated carbocycles. The van der Waals surface area contributed by atoms with Gasteiger partial charge in [-0.2, -0.15) is 0 Å². The van der Waals surface area contributed by atoms with Crippen LogP contribution in [0.2, 0.25) is 0 Å². The van der Waals surface area contributed by atoms with E-state index in [0.29, 0.717) is 56.1 Å².